The Labute approximate surface area is 120 Å². The SMILES string of the molecule is CN(C)S(=O)(=O)c1ccc2c(c1)C(=O)C(=O)N2CC(=O)O. The van der Waals surface area contributed by atoms with E-state index in [0.29, 0.717) is 0 Å². The van der Waals surface area contributed by atoms with Crippen LogP contribution < -0.4 is 4.90 Å². The summed E-state index contributed by atoms with van der Waals surface area (Å²) in [7, 11) is -1.07. The summed E-state index contributed by atoms with van der Waals surface area (Å²) in [6, 6.07) is 3.58. The minimum atomic E-state index is -3.74. The van der Waals surface area contributed by atoms with Crippen LogP contribution in [-0.2, 0) is 19.6 Å². The van der Waals surface area contributed by atoms with Crippen LogP contribution >= 0.6 is 0 Å². The molecule has 0 saturated carbocycles. The molecule has 0 unspecified atom stereocenters. The van der Waals surface area contributed by atoms with E-state index < -0.39 is 34.2 Å². The molecule has 0 bridgehead atoms. The predicted molar refractivity (Wildman–Crippen MR) is 71.6 cm³/mol. The van der Waals surface area contributed by atoms with Gasteiger partial charge in [-0.25, -0.2) is 12.7 Å². The van der Waals surface area contributed by atoms with Crippen molar-refractivity contribution in [2.24, 2.45) is 0 Å². The fraction of sp³-hybridized carbons (Fsp3) is 0.250. The van der Waals surface area contributed by atoms with Gasteiger partial charge in [-0.3, -0.25) is 19.3 Å². The molecule has 1 aromatic rings. The Morgan fingerprint density at radius 1 is 1.29 bits per heavy atom. The number of benzene rings is 1. The molecule has 8 nitrogen and oxygen atoms in total. The van der Waals surface area contributed by atoms with E-state index in [4.69, 9.17) is 5.11 Å². The molecular formula is C12H12N2O6S. The summed E-state index contributed by atoms with van der Waals surface area (Å²) in [5.74, 6) is -3.16. The topological polar surface area (TPSA) is 112 Å². The number of carbonyl (C=O) groups is 3. The van der Waals surface area contributed by atoms with Crippen LogP contribution in [0.1, 0.15) is 10.4 Å². The van der Waals surface area contributed by atoms with Crippen molar-refractivity contribution in [1.82, 2.24) is 4.31 Å². The second kappa shape index (κ2) is 4.93. The van der Waals surface area contributed by atoms with Gasteiger partial charge in [0.15, 0.2) is 0 Å². The van der Waals surface area contributed by atoms with Crippen molar-refractivity contribution in [3.8, 4) is 0 Å². The number of Topliss-reactive ketones (excluding diaryl/α,β-unsaturated/α-hetero) is 1. The van der Waals surface area contributed by atoms with E-state index in [-0.39, 0.29) is 16.1 Å². The van der Waals surface area contributed by atoms with Crippen LogP contribution in [0.3, 0.4) is 0 Å². The first-order chi connectivity index (χ1) is 9.66. The van der Waals surface area contributed by atoms with Crippen LogP contribution in [0.15, 0.2) is 23.1 Å². The van der Waals surface area contributed by atoms with Gasteiger partial charge in [-0.2, -0.15) is 0 Å². The number of aliphatic carboxylic acids is 1. The fourth-order valence-electron chi connectivity index (χ4n) is 1.94. The average Bonchev–Trinajstić information content (AvgIpc) is 2.63. The van der Waals surface area contributed by atoms with Gasteiger partial charge in [0.25, 0.3) is 11.7 Å². The fourth-order valence-corrected chi connectivity index (χ4v) is 2.87. The lowest BCUT2D eigenvalue weighted by Gasteiger charge is -2.15. The Morgan fingerprint density at radius 2 is 1.90 bits per heavy atom. The van der Waals surface area contributed by atoms with Crippen LogP contribution in [0.25, 0.3) is 0 Å². The number of anilines is 1. The quantitative estimate of drug-likeness (QED) is 0.754. The second-order valence-electron chi connectivity index (χ2n) is 4.58. The maximum atomic E-state index is 12.0. The molecule has 112 valence electrons. The number of nitrogens with zero attached hydrogens (tertiary/aromatic N) is 2. The molecule has 1 N–H and O–H groups in total. The van der Waals surface area contributed by atoms with Gasteiger partial charge >= 0.3 is 5.97 Å². The lowest BCUT2D eigenvalue weighted by Crippen LogP contribution is -2.34. The minimum absolute atomic E-state index is 0.102. The maximum absolute atomic E-state index is 12.0. The van der Waals surface area contributed by atoms with Crippen molar-refractivity contribution in [1.29, 1.82) is 0 Å². The van der Waals surface area contributed by atoms with Gasteiger partial charge < -0.3 is 5.11 Å². The zero-order chi connectivity index (χ0) is 15.9. The summed E-state index contributed by atoms with van der Waals surface area (Å²) >= 11 is 0. The molecule has 1 amide bonds. The summed E-state index contributed by atoms with van der Waals surface area (Å²) in [5.41, 5.74) is -0.00530. The van der Waals surface area contributed by atoms with Crippen LogP contribution in [0, 0.1) is 0 Å². The number of amides is 1. The third-order valence-corrected chi connectivity index (χ3v) is 4.83. The first kappa shape index (κ1) is 15.1. The highest BCUT2D eigenvalue weighted by atomic mass is 32.2. The highest BCUT2D eigenvalue weighted by Crippen LogP contribution is 2.31. The highest BCUT2D eigenvalue weighted by Gasteiger charge is 2.37. The summed E-state index contributed by atoms with van der Waals surface area (Å²) in [5, 5.41) is 8.75. The third-order valence-electron chi connectivity index (χ3n) is 3.01. The van der Waals surface area contributed by atoms with Gasteiger partial charge in [-0.15, -0.1) is 0 Å². The molecule has 1 aliphatic rings. The molecule has 1 heterocycles. The van der Waals surface area contributed by atoms with Crippen LogP contribution in [0.5, 0.6) is 0 Å². The molecule has 0 fully saturated rings. The molecular weight excluding hydrogens is 300 g/mol. The Morgan fingerprint density at radius 3 is 2.43 bits per heavy atom. The largest absolute Gasteiger partial charge is 0.480 e. The van der Waals surface area contributed by atoms with E-state index in [1.54, 1.807) is 0 Å². The van der Waals surface area contributed by atoms with Crippen molar-refractivity contribution < 1.29 is 27.9 Å². The number of fused-ring (bicyclic) bond motifs is 1. The lowest BCUT2D eigenvalue weighted by atomic mass is 10.1. The molecule has 0 radical (unpaired) electrons. The standard InChI is InChI=1S/C12H12N2O6S/c1-13(2)21(19,20)7-3-4-9-8(5-7)11(17)12(18)14(9)6-10(15)16/h3-5H,6H2,1-2H3,(H,15,16). The molecule has 0 spiro atoms. The molecule has 9 heteroatoms. The number of carboxylic acid groups (broad SMARTS) is 1. The summed E-state index contributed by atoms with van der Waals surface area (Å²) in [6.45, 7) is -0.655. The molecule has 2 rings (SSSR count). The first-order valence-corrected chi connectivity index (χ1v) is 7.25. The molecule has 1 aliphatic heterocycles. The van der Waals surface area contributed by atoms with E-state index >= 15 is 0 Å². The van der Waals surface area contributed by atoms with Crippen molar-refractivity contribution in [3.63, 3.8) is 0 Å². The van der Waals surface area contributed by atoms with E-state index in [1.807, 2.05) is 0 Å². The molecule has 0 aliphatic carbocycles. The Bertz CT molecular complexity index is 753. The summed E-state index contributed by atoms with van der Waals surface area (Å²) in [6.07, 6.45) is 0. The summed E-state index contributed by atoms with van der Waals surface area (Å²) in [4.78, 5) is 35.0. The van der Waals surface area contributed by atoms with Crippen LogP contribution in [0.4, 0.5) is 5.69 Å². The zero-order valence-corrected chi connectivity index (χ0v) is 12.0. The highest BCUT2D eigenvalue weighted by molar-refractivity contribution is 7.89. The van der Waals surface area contributed by atoms with Gasteiger partial charge in [-0.05, 0) is 18.2 Å². The number of ketones is 1. The zero-order valence-electron chi connectivity index (χ0n) is 11.2. The number of rotatable bonds is 4. The van der Waals surface area contributed by atoms with Crippen LogP contribution in [0.2, 0.25) is 0 Å². The molecule has 0 saturated heterocycles. The molecule has 0 aromatic heterocycles. The van der Waals surface area contributed by atoms with E-state index in [0.717, 1.165) is 15.3 Å². The number of carbonyl (C=O) groups excluding carboxylic acids is 2. The maximum Gasteiger partial charge on any atom is 0.323 e. The Hall–Kier alpha value is -2.26. The van der Waals surface area contributed by atoms with Crippen molar-refractivity contribution >= 4 is 33.4 Å². The number of carboxylic acids is 1. The number of hydrogen-bond donors (Lipinski definition) is 1. The average molecular weight is 312 g/mol. The smallest absolute Gasteiger partial charge is 0.323 e. The second-order valence-corrected chi connectivity index (χ2v) is 6.73. The molecule has 1 aromatic carbocycles. The van der Waals surface area contributed by atoms with E-state index in [1.165, 1.54) is 26.2 Å². The lowest BCUT2D eigenvalue weighted by molar-refractivity contribution is -0.136. The van der Waals surface area contributed by atoms with Crippen molar-refractivity contribution in [2.45, 2.75) is 4.90 Å². The van der Waals surface area contributed by atoms with Gasteiger partial charge in [0.1, 0.15) is 6.54 Å². The van der Waals surface area contributed by atoms with Gasteiger partial charge in [0.05, 0.1) is 16.1 Å². The summed E-state index contributed by atoms with van der Waals surface area (Å²) < 4.78 is 25.0. The predicted octanol–water partition coefficient (Wildman–Crippen LogP) is -0.449. The monoisotopic (exact) mass is 312 g/mol. The minimum Gasteiger partial charge on any atom is -0.480 e. The van der Waals surface area contributed by atoms with Gasteiger partial charge in [0, 0.05) is 14.1 Å². The van der Waals surface area contributed by atoms with E-state index in [9.17, 15) is 22.8 Å². The first-order valence-electron chi connectivity index (χ1n) is 5.81. The normalized spacial score (nSPS) is 14.7. The van der Waals surface area contributed by atoms with E-state index in [2.05, 4.69) is 0 Å². The molecule has 21 heavy (non-hydrogen) atoms. The van der Waals surface area contributed by atoms with Crippen LogP contribution in [-0.4, -0.2) is 56.1 Å². The number of hydrogen-bond acceptors (Lipinski definition) is 5. The van der Waals surface area contributed by atoms with Crippen molar-refractivity contribution in [3.05, 3.63) is 23.8 Å². The molecule has 0 atom stereocenters. The van der Waals surface area contributed by atoms with Gasteiger partial charge in [-0.1, -0.05) is 0 Å². The third kappa shape index (κ3) is 2.41. The Balaban J connectivity index is 2.55. The Kier molecular flexibility index (Phi) is 3.56. The van der Waals surface area contributed by atoms with Crippen molar-refractivity contribution in [2.75, 3.05) is 25.5 Å². The number of sulfonamides is 1. The van der Waals surface area contributed by atoms with Gasteiger partial charge in [0.2, 0.25) is 10.0 Å².